The fourth-order valence-electron chi connectivity index (χ4n) is 4.41. The second kappa shape index (κ2) is 6.16. The van der Waals surface area contributed by atoms with Crippen LogP contribution in [0, 0.1) is 25.2 Å². The molecule has 3 heterocycles. The number of nitrogens with zero attached hydrogens (tertiary/aromatic N) is 3. The van der Waals surface area contributed by atoms with Gasteiger partial charge < -0.3 is 14.2 Å². The number of carbonyl (C=O) groups is 2. The highest BCUT2D eigenvalue weighted by molar-refractivity contribution is 5.96. The lowest BCUT2D eigenvalue weighted by Crippen LogP contribution is -2.48. The number of carbonyl (C=O) groups excluding carboxylic acids is 2. The van der Waals surface area contributed by atoms with E-state index < -0.39 is 5.41 Å². The zero-order chi connectivity index (χ0) is 18.5. The molecule has 2 saturated heterocycles. The Morgan fingerprint density at radius 3 is 2.44 bits per heavy atom. The molecule has 138 valence electrons. The molecule has 2 fully saturated rings. The van der Waals surface area contributed by atoms with Gasteiger partial charge in [-0.05, 0) is 33.8 Å². The van der Waals surface area contributed by atoms with Crippen LogP contribution in [0.4, 0.5) is 0 Å². The Kier molecular flexibility index (Phi) is 4.43. The quantitative estimate of drug-likeness (QED) is 0.836. The number of furan rings is 1. The van der Waals surface area contributed by atoms with Crippen LogP contribution in [0.3, 0.4) is 0 Å². The molecule has 0 bridgehead atoms. The lowest BCUT2D eigenvalue weighted by Gasteiger charge is -2.31. The molecule has 1 aromatic heterocycles. The van der Waals surface area contributed by atoms with E-state index in [-0.39, 0.29) is 17.7 Å². The van der Waals surface area contributed by atoms with Gasteiger partial charge in [0.15, 0.2) is 0 Å². The van der Waals surface area contributed by atoms with Crippen LogP contribution < -0.4 is 0 Å². The first-order chi connectivity index (χ1) is 11.7. The van der Waals surface area contributed by atoms with Crippen LogP contribution in [0.1, 0.15) is 35.7 Å². The molecule has 0 unspecified atom stereocenters. The third-order valence-electron chi connectivity index (χ3n) is 5.76. The largest absolute Gasteiger partial charge is 0.466 e. The Hall–Kier alpha value is -1.82. The fraction of sp³-hybridized carbons (Fsp3) is 0.684. The predicted molar refractivity (Wildman–Crippen MR) is 95.4 cm³/mol. The lowest BCUT2D eigenvalue weighted by molar-refractivity contribution is -0.139. The molecule has 2 aliphatic rings. The molecule has 2 amide bonds. The molecule has 0 aromatic carbocycles. The van der Waals surface area contributed by atoms with Crippen molar-refractivity contribution in [2.75, 3.05) is 40.3 Å². The van der Waals surface area contributed by atoms with Gasteiger partial charge in [0.2, 0.25) is 5.91 Å². The van der Waals surface area contributed by atoms with Crippen molar-refractivity contribution in [3.63, 3.8) is 0 Å². The summed E-state index contributed by atoms with van der Waals surface area (Å²) in [4.78, 5) is 31.9. The molecule has 2 aliphatic heterocycles. The van der Waals surface area contributed by atoms with Crippen LogP contribution >= 0.6 is 0 Å². The highest BCUT2D eigenvalue weighted by Gasteiger charge is 2.58. The summed E-state index contributed by atoms with van der Waals surface area (Å²) in [6, 6.07) is 2.20. The summed E-state index contributed by atoms with van der Waals surface area (Å²) < 4.78 is 5.52. The molecular formula is C19H29N3O3. The maximum absolute atomic E-state index is 13.0. The van der Waals surface area contributed by atoms with Crippen LogP contribution in [-0.2, 0) is 4.79 Å². The van der Waals surface area contributed by atoms with Gasteiger partial charge in [0, 0.05) is 52.2 Å². The molecule has 2 atom stereocenters. The first-order valence-corrected chi connectivity index (χ1v) is 8.98. The summed E-state index contributed by atoms with van der Waals surface area (Å²) in [7, 11) is 3.61. The number of hydrogen-bond acceptors (Lipinski definition) is 4. The van der Waals surface area contributed by atoms with Crippen LogP contribution in [0.5, 0.6) is 0 Å². The van der Waals surface area contributed by atoms with Crippen molar-refractivity contribution in [1.82, 2.24) is 14.7 Å². The van der Waals surface area contributed by atoms with Gasteiger partial charge in [-0.1, -0.05) is 0 Å². The Bertz CT molecular complexity index is 694. The topological polar surface area (TPSA) is 57.0 Å². The molecule has 0 spiro atoms. The van der Waals surface area contributed by atoms with Gasteiger partial charge in [-0.3, -0.25) is 14.5 Å². The molecule has 25 heavy (non-hydrogen) atoms. The minimum Gasteiger partial charge on any atom is -0.466 e. The van der Waals surface area contributed by atoms with E-state index in [0.29, 0.717) is 30.5 Å². The summed E-state index contributed by atoms with van der Waals surface area (Å²) in [6.07, 6.45) is 0. The number of aryl methyl sites for hydroxylation is 2. The summed E-state index contributed by atoms with van der Waals surface area (Å²) >= 11 is 0. The number of hydrogen-bond donors (Lipinski definition) is 0. The molecule has 3 rings (SSSR count). The molecule has 0 saturated carbocycles. The Morgan fingerprint density at radius 1 is 1.24 bits per heavy atom. The zero-order valence-electron chi connectivity index (χ0n) is 16.1. The molecular weight excluding hydrogens is 318 g/mol. The van der Waals surface area contributed by atoms with Crippen molar-refractivity contribution in [2.45, 2.75) is 33.7 Å². The Labute approximate surface area is 149 Å². The van der Waals surface area contributed by atoms with E-state index in [1.54, 1.807) is 25.1 Å². The van der Waals surface area contributed by atoms with Crippen LogP contribution in [0.15, 0.2) is 10.5 Å². The normalized spacial score (nSPS) is 26.4. The monoisotopic (exact) mass is 347 g/mol. The van der Waals surface area contributed by atoms with E-state index in [4.69, 9.17) is 4.42 Å². The molecule has 0 N–H and O–H groups in total. The van der Waals surface area contributed by atoms with E-state index in [1.807, 2.05) is 18.7 Å². The molecule has 0 radical (unpaired) electrons. The molecule has 1 aromatic rings. The summed E-state index contributed by atoms with van der Waals surface area (Å²) in [6.45, 7) is 10.7. The third-order valence-corrected chi connectivity index (χ3v) is 5.76. The first kappa shape index (κ1) is 18.0. The van der Waals surface area contributed by atoms with E-state index in [2.05, 4.69) is 18.7 Å². The van der Waals surface area contributed by atoms with E-state index in [0.717, 1.165) is 18.8 Å². The van der Waals surface area contributed by atoms with Gasteiger partial charge in [-0.25, -0.2) is 0 Å². The van der Waals surface area contributed by atoms with Crippen molar-refractivity contribution in [1.29, 1.82) is 0 Å². The van der Waals surface area contributed by atoms with Gasteiger partial charge in [-0.2, -0.15) is 0 Å². The highest BCUT2D eigenvalue weighted by Crippen LogP contribution is 2.44. The second-order valence-electron chi connectivity index (χ2n) is 8.09. The summed E-state index contributed by atoms with van der Waals surface area (Å²) in [5, 5.41) is 0. The van der Waals surface area contributed by atoms with E-state index in [9.17, 15) is 9.59 Å². The number of amides is 2. The van der Waals surface area contributed by atoms with Gasteiger partial charge in [0.05, 0.1) is 11.0 Å². The van der Waals surface area contributed by atoms with E-state index >= 15 is 0 Å². The third kappa shape index (κ3) is 2.86. The van der Waals surface area contributed by atoms with Crippen molar-refractivity contribution >= 4 is 11.8 Å². The fourth-order valence-corrected chi connectivity index (χ4v) is 4.41. The average molecular weight is 347 g/mol. The standard InChI is InChI=1S/C19H29N3O3/c1-12(2)21-8-15-9-22(11-19(15,10-21)18(24)20(5)6)17(23)16-7-13(3)25-14(16)4/h7,12,15H,8-11H2,1-6H3/t15-,19-/m0/s1. The minimum absolute atomic E-state index is 0.0224. The van der Waals surface area contributed by atoms with Crippen molar-refractivity contribution in [3.05, 3.63) is 23.2 Å². The number of likely N-dealkylation sites (tertiary alicyclic amines) is 2. The summed E-state index contributed by atoms with van der Waals surface area (Å²) in [5.74, 6) is 1.69. The molecule has 0 aliphatic carbocycles. The maximum atomic E-state index is 13.0. The van der Waals surface area contributed by atoms with Gasteiger partial charge in [0.25, 0.3) is 5.91 Å². The van der Waals surface area contributed by atoms with Gasteiger partial charge in [0.1, 0.15) is 11.5 Å². The predicted octanol–water partition coefficient (Wildman–Crippen LogP) is 1.77. The first-order valence-electron chi connectivity index (χ1n) is 8.98. The Balaban J connectivity index is 1.88. The SMILES string of the molecule is Cc1cc(C(=O)N2C[C@@H]3CN(C(C)C)C[C@]3(C(=O)N(C)C)C2)c(C)o1. The maximum Gasteiger partial charge on any atom is 0.257 e. The van der Waals surface area contributed by atoms with Crippen molar-refractivity contribution < 1.29 is 14.0 Å². The highest BCUT2D eigenvalue weighted by atomic mass is 16.3. The van der Waals surface area contributed by atoms with Crippen molar-refractivity contribution in [3.8, 4) is 0 Å². The summed E-state index contributed by atoms with van der Waals surface area (Å²) in [5.41, 5.74) is 0.126. The lowest BCUT2D eigenvalue weighted by atomic mass is 9.79. The second-order valence-corrected chi connectivity index (χ2v) is 8.09. The number of rotatable bonds is 3. The molecule has 6 heteroatoms. The van der Waals surface area contributed by atoms with E-state index in [1.165, 1.54) is 0 Å². The number of fused-ring (bicyclic) bond motifs is 1. The Morgan fingerprint density at radius 2 is 1.92 bits per heavy atom. The zero-order valence-corrected chi connectivity index (χ0v) is 16.1. The minimum atomic E-state index is -0.490. The van der Waals surface area contributed by atoms with Crippen LogP contribution in [-0.4, -0.2) is 72.8 Å². The van der Waals surface area contributed by atoms with Crippen molar-refractivity contribution in [2.24, 2.45) is 11.3 Å². The van der Waals surface area contributed by atoms with Crippen LogP contribution in [0.25, 0.3) is 0 Å². The smallest absolute Gasteiger partial charge is 0.257 e. The van der Waals surface area contributed by atoms with Gasteiger partial charge >= 0.3 is 0 Å². The molecule has 6 nitrogen and oxygen atoms in total. The van der Waals surface area contributed by atoms with Gasteiger partial charge in [-0.15, -0.1) is 0 Å². The average Bonchev–Trinajstić information content (AvgIpc) is 3.15. The van der Waals surface area contributed by atoms with Crippen LogP contribution in [0.2, 0.25) is 0 Å².